The molecular weight excluding hydrogens is 186 g/mol. The van der Waals surface area contributed by atoms with Crippen LogP contribution >= 0.6 is 0 Å². The molecule has 0 unspecified atom stereocenters. The Balaban J connectivity index is 2.87. The van der Waals surface area contributed by atoms with Gasteiger partial charge in [0, 0.05) is 6.54 Å². The zero-order valence-corrected chi connectivity index (χ0v) is 10.6. The van der Waals surface area contributed by atoms with Crippen molar-refractivity contribution >= 4 is 0 Å². The highest BCUT2D eigenvalue weighted by molar-refractivity contribution is 4.53. The second kappa shape index (κ2) is 12.0. The van der Waals surface area contributed by atoms with Crippen LogP contribution in [0.25, 0.3) is 0 Å². The summed E-state index contributed by atoms with van der Waals surface area (Å²) < 4.78 is 0. The van der Waals surface area contributed by atoms with Crippen molar-refractivity contribution in [1.29, 1.82) is 0 Å². The summed E-state index contributed by atoms with van der Waals surface area (Å²) in [5.41, 5.74) is 0. The van der Waals surface area contributed by atoms with Crippen molar-refractivity contribution in [2.24, 2.45) is 0 Å². The lowest BCUT2D eigenvalue weighted by Crippen LogP contribution is -2.25. The molecule has 0 rings (SSSR count). The molecular formula is C13H29NO. The number of aliphatic hydroxyl groups is 1. The summed E-state index contributed by atoms with van der Waals surface area (Å²) in [7, 11) is 0. The summed E-state index contributed by atoms with van der Waals surface area (Å²) in [4.78, 5) is 0. The molecule has 1 atom stereocenters. The predicted octanol–water partition coefficient (Wildman–Crippen LogP) is 3.10. The van der Waals surface area contributed by atoms with Crippen LogP contribution in [0.5, 0.6) is 0 Å². The Morgan fingerprint density at radius 1 is 0.933 bits per heavy atom. The molecule has 0 amide bonds. The molecule has 0 bridgehead atoms. The van der Waals surface area contributed by atoms with Crippen LogP contribution in [-0.4, -0.2) is 24.3 Å². The lowest BCUT2D eigenvalue weighted by molar-refractivity contribution is 0.191. The van der Waals surface area contributed by atoms with Crippen molar-refractivity contribution in [3.63, 3.8) is 0 Å². The Labute approximate surface area is 95.5 Å². The fourth-order valence-corrected chi connectivity index (χ4v) is 1.69. The molecule has 2 heteroatoms. The number of unbranched alkanes of at least 4 members (excludes halogenated alkanes) is 7. The molecule has 0 aromatic rings. The van der Waals surface area contributed by atoms with E-state index in [9.17, 15) is 0 Å². The van der Waals surface area contributed by atoms with E-state index in [1.807, 2.05) is 6.92 Å². The van der Waals surface area contributed by atoms with Crippen molar-refractivity contribution in [3.8, 4) is 0 Å². The van der Waals surface area contributed by atoms with Gasteiger partial charge in [-0.1, -0.05) is 51.9 Å². The van der Waals surface area contributed by atoms with Gasteiger partial charge < -0.3 is 10.4 Å². The number of nitrogens with one attached hydrogen (secondary N) is 1. The molecule has 92 valence electrons. The van der Waals surface area contributed by atoms with E-state index in [-0.39, 0.29) is 6.10 Å². The monoisotopic (exact) mass is 215 g/mol. The highest BCUT2D eigenvalue weighted by Crippen LogP contribution is 2.07. The van der Waals surface area contributed by atoms with Crippen LogP contribution in [0.3, 0.4) is 0 Å². The molecule has 0 saturated carbocycles. The van der Waals surface area contributed by atoms with Crippen molar-refractivity contribution in [3.05, 3.63) is 0 Å². The first-order valence-electron chi connectivity index (χ1n) is 6.66. The van der Waals surface area contributed by atoms with E-state index in [1.54, 1.807) is 0 Å². The van der Waals surface area contributed by atoms with E-state index in [0.717, 1.165) is 13.1 Å². The first-order valence-corrected chi connectivity index (χ1v) is 6.66. The van der Waals surface area contributed by atoms with Gasteiger partial charge in [0.25, 0.3) is 0 Å². The molecule has 0 aliphatic carbocycles. The lowest BCUT2D eigenvalue weighted by Gasteiger charge is -2.06. The maximum atomic E-state index is 9.01. The number of hydrogen-bond donors (Lipinski definition) is 2. The Morgan fingerprint density at radius 2 is 1.47 bits per heavy atom. The van der Waals surface area contributed by atoms with Crippen molar-refractivity contribution in [2.45, 2.75) is 71.3 Å². The molecule has 0 heterocycles. The van der Waals surface area contributed by atoms with Gasteiger partial charge in [0.15, 0.2) is 0 Å². The van der Waals surface area contributed by atoms with E-state index >= 15 is 0 Å². The minimum absolute atomic E-state index is 0.209. The number of aliphatic hydroxyl groups excluding tert-OH is 1. The molecule has 15 heavy (non-hydrogen) atoms. The summed E-state index contributed by atoms with van der Waals surface area (Å²) in [6.45, 7) is 5.87. The first-order chi connectivity index (χ1) is 7.27. The zero-order chi connectivity index (χ0) is 11.4. The van der Waals surface area contributed by atoms with Gasteiger partial charge in [-0.05, 0) is 19.9 Å². The van der Waals surface area contributed by atoms with Gasteiger partial charge in [-0.25, -0.2) is 0 Å². The third-order valence-electron chi connectivity index (χ3n) is 2.65. The van der Waals surface area contributed by atoms with Gasteiger partial charge in [-0.3, -0.25) is 0 Å². The summed E-state index contributed by atoms with van der Waals surface area (Å²) in [5, 5.41) is 12.3. The quantitative estimate of drug-likeness (QED) is 0.519. The molecule has 0 radical (unpaired) electrons. The van der Waals surface area contributed by atoms with E-state index in [2.05, 4.69) is 12.2 Å². The average Bonchev–Trinajstić information content (AvgIpc) is 2.20. The second-order valence-electron chi connectivity index (χ2n) is 4.53. The topological polar surface area (TPSA) is 32.3 Å². The molecule has 0 fully saturated rings. The Hall–Kier alpha value is -0.0800. The number of hydrogen-bond acceptors (Lipinski definition) is 2. The molecule has 0 saturated heterocycles. The minimum Gasteiger partial charge on any atom is -0.392 e. The van der Waals surface area contributed by atoms with E-state index in [4.69, 9.17) is 5.11 Å². The van der Waals surface area contributed by atoms with Crippen LogP contribution in [0.1, 0.15) is 65.2 Å². The zero-order valence-electron chi connectivity index (χ0n) is 10.6. The molecule has 0 aliphatic rings. The van der Waals surface area contributed by atoms with Gasteiger partial charge in [-0.2, -0.15) is 0 Å². The second-order valence-corrected chi connectivity index (χ2v) is 4.53. The van der Waals surface area contributed by atoms with Crippen LogP contribution in [0, 0.1) is 0 Å². The molecule has 0 aromatic heterocycles. The minimum atomic E-state index is -0.209. The van der Waals surface area contributed by atoms with Gasteiger partial charge in [0.2, 0.25) is 0 Å². The maximum Gasteiger partial charge on any atom is 0.0636 e. The van der Waals surface area contributed by atoms with Gasteiger partial charge in [-0.15, -0.1) is 0 Å². The fourth-order valence-electron chi connectivity index (χ4n) is 1.69. The SMILES string of the molecule is CCCCCCCCCCNC[C@@H](C)O. The average molecular weight is 215 g/mol. The van der Waals surface area contributed by atoms with Gasteiger partial charge >= 0.3 is 0 Å². The van der Waals surface area contributed by atoms with Crippen LogP contribution in [-0.2, 0) is 0 Å². The van der Waals surface area contributed by atoms with Gasteiger partial charge in [0.05, 0.1) is 6.10 Å². The highest BCUT2D eigenvalue weighted by atomic mass is 16.3. The Morgan fingerprint density at radius 3 is 2.00 bits per heavy atom. The Kier molecular flexibility index (Phi) is 11.9. The summed E-state index contributed by atoms with van der Waals surface area (Å²) in [5.74, 6) is 0. The van der Waals surface area contributed by atoms with Crippen LogP contribution in [0.4, 0.5) is 0 Å². The third-order valence-corrected chi connectivity index (χ3v) is 2.65. The van der Waals surface area contributed by atoms with Crippen LogP contribution in [0.15, 0.2) is 0 Å². The Bertz CT molecular complexity index is 115. The van der Waals surface area contributed by atoms with E-state index < -0.39 is 0 Å². The maximum absolute atomic E-state index is 9.01. The smallest absolute Gasteiger partial charge is 0.0636 e. The van der Waals surface area contributed by atoms with Crippen molar-refractivity contribution in [2.75, 3.05) is 13.1 Å². The van der Waals surface area contributed by atoms with E-state index in [0.29, 0.717) is 0 Å². The van der Waals surface area contributed by atoms with Crippen LogP contribution < -0.4 is 5.32 Å². The summed E-state index contributed by atoms with van der Waals surface area (Å²) in [6.07, 6.45) is 10.7. The predicted molar refractivity (Wildman–Crippen MR) is 67.2 cm³/mol. The molecule has 0 spiro atoms. The normalized spacial score (nSPS) is 13.0. The summed E-state index contributed by atoms with van der Waals surface area (Å²) in [6, 6.07) is 0. The van der Waals surface area contributed by atoms with E-state index in [1.165, 1.54) is 51.4 Å². The molecule has 0 aromatic carbocycles. The lowest BCUT2D eigenvalue weighted by atomic mass is 10.1. The largest absolute Gasteiger partial charge is 0.392 e. The first kappa shape index (κ1) is 14.9. The van der Waals surface area contributed by atoms with Crippen molar-refractivity contribution < 1.29 is 5.11 Å². The number of rotatable bonds is 11. The molecule has 2 N–H and O–H groups in total. The standard InChI is InChI=1S/C13H29NO/c1-3-4-5-6-7-8-9-10-11-14-12-13(2)15/h13-15H,3-12H2,1-2H3/t13-/m1/s1. The molecule has 2 nitrogen and oxygen atoms in total. The van der Waals surface area contributed by atoms with Crippen LogP contribution in [0.2, 0.25) is 0 Å². The highest BCUT2D eigenvalue weighted by Gasteiger charge is 1.94. The fraction of sp³-hybridized carbons (Fsp3) is 1.00. The summed E-state index contributed by atoms with van der Waals surface area (Å²) >= 11 is 0. The molecule has 0 aliphatic heterocycles. The van der Waals surface area contributed by atoms with Gasteiger partial charge in [0.1, 0.15) is 0 Å². The van der Waals surface area contributed by atoms with Crippen molar-refractivity contribution in [1.82, 2.24) is 5.32 Å². The third kappa shape index (κ3) is 13.9.